The lowest BCUT2D eigenvalue weighted by molar-refractivity contribution is 0.124. The van der Waals surface area contributed by atoms with E-state index in [9.17, 15) is 0 Å². The zero-order chi connectivity index (χ0) is 10.2. The highest BCUT2D eigenvalue weighted by Gasteiger charge is 1.96. The fourth-order valence-corrected chi connectivity index (χ4v) is 1.21. The molecule has 1 aromatic rings. The first-order valence-electron chi connectivity index (χ1n) is 5.11. The van der Waals surface area contributed by atoms with Gasteiger partial charge in [-0.1, -0.05) is 6.92 Å². The number of nitrogens with one attached hydrogen (secondary N) is 1. The second-order valence-corrected chi connectivity index (χ2v) is 3.21. The van der Waals surface area contributed by atoms with Gasteiger partial charge in [0.25, 0.3) is 0 Å². The van der Waals surface area contributed by atoms with Crippen molar-refractivity contribution in [2.45, 2.75) is 26.4 Å². The summed E-state index contributed by atoms with van der Waals surface area (Å²) in [6.45, 7) is 5.35. The Kier molecular flexibility index (Phi) is 5.25. The van der Waals surface area contributed by atoms with Crippen LogP contribution >= 0.6 is 0 Å². The van der Waals surface area contributed by atoms with Gasteiger partial charge in [0.15, 0.2) is 0 Å². The largest absolute Gasteiger partial charge is 0.380 e. The average molecular weight is 197 g/mol. The van der Waals surface area contributed by atoms with Gasteiger partial charge in [-0.15, -0.1) is 0 Å². The fourth-order valence-electron chi connectivity index (χ4n) is 1.21. The van der Waals surface area contributed by atoms with Crippen molar-refractivity contribution in [1.82, 2.24) is 15.1 Å². The maximum Gasteiger partial charge on any atom is 0.0762 e. The number of hydrogen-bond donors (Lipinski definition) is 1. The topological polar surface area (TPSA) is 39.1 Å². The highest BCUT2D eigenvalue weighted by atomic mass is 16.5. The van der Waals surface area contributed by atoms with Gasteiger partial charge in [-0.25, -0.2) is 0 Å². The molecule has 0 aromatic carbocycles. The fraction of sp³-hybridized carbons (Fsp3) is 0.700. The third-order valence-electron chi connectivity index (χ3n) is 1.87. The Morgan fingerprint density at radius 3 is 3.07 bits per heavy atom. The predicted molar refractivity (Wildman–Crippen MR) is 56.1 cm³/mol. The zero-order valence-corrected chi connectivity index (χ0v) is 8.99. The van der Waals surface area contributed by atoms with Gasteiger partial charge < -0.3 is 10.1 Å². The van der Waals surface area contributed by atoms with E-state index in [1.807, 2.05) is 24.0 Å². The minimum atomic E-state index is 0.745. The molecule has 4 heteroatoms. The zero-order valence-electron chi connectivity index (χ0n) is 8.99. The molecule has 0 unspecified atom stereocenters. The van der Waals surface area contributed by atoms with E-state index in [0.717, 1.165) is 38.4 Å². The van der Waals surface area contributed by atoms with E-state index >= 15 is 0 Å². The molecule has 1 N–H and O–H groups in total. The molecular formula is C10H19N3O. The van der Waals surface area contributed by atoms with Crippen LogP contribution < -0.4 is 5.32 Å². The molecule has 0 saturated carbocycles. The van der Waals surface area contributed by atoms with Crippen molar-refractivity contribution in [1.29, 1.82) is 0 Å². The van der Waals surface area contributed by atoms with Crippen LogP contribution in [0.4, 0.5) is 0 Å². The van der Waals surface area contributed by atoms with Gasteiger partial charge in [-0.3, -0.25) is 4.68 Å². The van der Waals surface area contributed by atoms with Gasteiger partial charge in [0.2, 0.25) is 0 Å². The molecule has 0 aliphatic rings. The molecule has 80 valence electrons. The number of hydrogen-bond acceptors (Lipinski definition) is 3. The summed E-state index contributed by atoms with van der Waals surface area (Å²) in [4.78, 5) is 0. The van der Waals surface area contributed by atoms with E-state index in [2.05, 4.69) is 17.3 Å². The minimum absolute atomic E-state index is 0.745. The Labute approximate surface area is 85.3 Å². The third kappa shape index (κ3) is 3.89. The third-order valence-corrected chi connectivity index (χ3v) is 1.87. The van der Waals surface area contributed by atoms with Crippen molar-refractivity contribution in [3.8, 4) is 0 Å². The highest BCUT2D eigenvalue weighted by Crippen LogP contribution is 1.95. The van der Waals surface area contributed by atoms with Gasteiger partial charge in [0, 0.05) is 19.3 Å². The van der Waals surface area contributed by atoms with E-state index < -0.39 is 0 Å². The smallest absolute Gasteiger partial charge is 0.0762 e. The summed E-state index contributed by atoms with van der Waals surface area (Å²) in [5.74, 6) is 0. The molecule has 0 spiro atoms. The molecule has 1 heterocycles. The standard InChI is InChI=1S/C10H19N3O/c1-3-7-14-8-6-13-5-4-10(12-13)9-11-2/h4-5,11H,3,6-9H2,1-2H3. The molecule has 4 nitrogen and oxygen atoms in total. The quantitative estimate of drug-likeness (QED) is 0.664. The molecule has 0 radical (unpaired) electrons. The Bertz CT molecular complexity index is 247. The summed E-state index contributed by atoms with van der Waals surface area (Å²) >= 11 is 0. The van der Waals surface area contributed by atoms with Crippen LogP contribution in [0.15, 0.2) is 12.3 Å². The van der Waals surface area contributed by atoms with Crippen LogP contribution in [0, 0.1) is 0 Å². The first kappa shape index (κ1) is 11.2. The first-order valence-corrected chi connectivity index (χ1v) is 5.11. The summed E-state index contributed by atoms with van der Waals surface area (Å²) in [6.07, 6.45) is 3.06. The summed E-state index contributed by atoms with van der Waals surface area (Å²) in [5, 5.41) is 7.44. The number of nitrogens with zero attached hydrogens (tertiary/aromatic N) is 2. The molecule has 1 aromatic heterocycles. The Morgan fingerprint density at radius 1 is 1.50 bits per heavy atom. The van der Waals surface area contributed by atoms with Gasteiger partial charge in [0.1, 0.15) is 0 Å². The van der Waals surface area contributed by atoms with Crippen LogP contribution in [0.2, 0.25) is 0 Å². The molecule has 0 aliphatic carbocycles. The second kappa shape index (κ2) is 6.56. The molecule has 0 aliphatic heterocycles. The number of rotatable bonds is 7. The molecule has 1 rings (SSSR count). The maximum absolute atomic E-state index is 5.38. The van der Waals surface area contributed by atoms with Crippen molar-refractivity contribution in [3.05, 3.63) is 18.0 Å². The van der Waals surface area contributed by atoms with Gasteiger partial charge in [-0.2, -0.15) is 5.10 Å². The maximum atomic E-state index is 5.38. The lowest BCUT2D eigenvalue weighted by Gasteiger charge is -2.02. The Hall–Kier alpha value is -0.870. The monoisotopic (exact) mass is 197 g/mol. The number of aromatic nitrogens is 2. The van der Waals surface area contributed by atoms with E-state index in [1.54, 1.807) is 0 Å². The molecule has 0 saturated heterocycles. The number of ether oxygens (including phenoxy) is 1. The first-order chi connectivity index (χ1) is 6.86. The Balaban J connectivity index is 2.22. The molecule has 0 amide bonds. The molecular weight excluding hydrogens is 178 g/mol. The predicted octanol–water partition coefficient (Wildman–Crippen LogP) is 1.03. The van der Waals surface area contributed by atoms with Gasteiger partial charge >= 0.3 is 0 Å². The summed E-state index contributed by atoms with van der Waals surface area (Å²) in [5.41, 5.74) is 1.07. The van der Waals surface area contributed by atoms with Crippen LogP contribution in [0.3, 0.4) is 0 Å². The van der Waals surface area contributed by atoms with Crippen LogP contribution in [0.25, 0.3) is 0 Å². The lowest BCUT2D eigenvalue weighted by atomic mass is 10.4. The summed E-state index contributed by atoms with van der Waals surface area (Å²) < 4.78 is 7.30. The SMILES string of the molecule is CCCOCCn1ccc(CNC)n1. The van der Waals surface area contributed by atoms with E-state index in [4.69, 9.17) is 4.74 Å². The molecule has 0 bridgehead atoms. The van der Waals surface area contributed by atoms with Crippen LogP contribution in [-0.4, -0.2) is 30.0 Å². The van der Waals surface area contributed by atoms with Crippen molar-refractivity contribution < 1.29 is 4.74 Å². The molecule has 0 atom stereocenters. The average Bonchev–Trinajstić information content (AvgIpc) is 2.61. The van der Waals surface area contributed by atoms with Crippen molar-refractivity contribution in [2.75, 3.05) is 20.3 Å². The second-order valence-electron chi connectivity index (χ2n) is 3.21. The molecule has 14 heavy (non-hydrogen) atoms. The van der Waals surface area contributed by atoms with E-state index in [-0.39, 0.29) is 0 Å². The normalized spacial score (nSPS) is 10.7. The van der Waals surface area contributed by atoms with E-state index in [0.29, 0.717) is 0 Å². The van der Waals surface area contributed by atoms with Crippen LogP contribution in [0.5, 0.6) is 0 Å². The summed E-state index contributed by atoms with van der Waals surface area (Å²) in [7, 11) is 1.92. The Morgan fingerprint density at radius 2 is 2.36 bits per heavy atom. The van der Waals surface area contributed by atoms with Crippen molar-refractivity contribution in [3.63, 3.8) is 0 Å². The minimum Gasteiger partial charge on any atom is -0.380 e. The lowest BCUT2D eigenvalue weighted by Crippen LogP contribution is -2.09. The highest BCUT2D eigenvalue weighted by molar-refractivity contribution is 4.97. The van der Waals surface area contributed by atoms with Gasteiger partial charge in [0.05, 0.1) is 18.8 Å². The van der Waals surface area contributed by atoms with Crippen molar-refractivity contribution in [2.24, 2.45) is 0 Å². The summed E-state index contributed by atoms with van der Waals surface area (Å²) in [6, 6.07) is 2.02. The van der Waals surface area contributed by atoms with Crippen LogP contribution in [-0.2, 0) is 17.8 Å². The van der Waals surface area contributed by atoms with Gasteiger partial charge in [-0.05, 0) is 19.5 Å². The molecule has 0 fully saturated rings. The van der Waals surface area contributed by atoms with E-state index in [1.165, 1.54) is 0 Å². The van der Waals surface area contributed by atoms with Crippen molar-refractivity contribution >= 4 is 0 Å². The van der Waals surface area contributed by atoms with Crippen LogP contribution in [0.1, 0.15) is 19.0 Å².